The number of benzene rings is 2. The summed E-state index contributed by atoms with van der Waals surface area (Å²) in [5, 5.41) is 0. The molecule has 18 heavy (non-hydrogen) atoms. The van der Waals surface area contributed by atoms with Crippen LogP contribution in [0.25, 0.3) is 0 Å². The Labute approximate surface area is 107 Å². The summed E-state index contributed by atoms with van der Waals surface area (Å²) in [6.07, 6.45) is 4.61. The molecule has 1 heteroatoms. The molecular formula is C17H16O. The number of fused-ring (bicyclic) bond motifs is 1. The van der Waals surface area contributed by atoms with Crippen molar-refractivity contribution in [1.82, 2.24) is 0 Å². The molecule has 0 atom stereocenters. The molecule has 0 aromatic heterocycles. The van der Waals surface area contributed by atoms with Crippen LogP contribution in [0.1, 0.15) is 39.9 Å². The zero-order valence-corrected chi connectivity index (χ0v) is 10.4. The molecule has 0 saturated heterocycles. The fourth-order valence-electron chi connectivity index (χ4n) is 2.74. The Bertz CT molecular complexity index is 569. The third-order valence-corrected chi connectivity index (χ3v) is 3.68. The molecule has 2 aromatic rings. The highest BCUT2D eigenvalue weighted by atomic mass is 16.1. The summed E-state index contributed by atoms with van der Waals surface area (Å²) in [4.78, 5) is 12.5. The van der Waals surface area contributed by atoms with Crippen LogP contribution >= 0.6 is 0 Å². The lowest BCUT2D eigenvalue weighted by atomic mass is 9.86. The summed E-state index contributed by atoms with van der Waals surface area (Å²) in [5.41, 5.74) is 4.33. The quantitative estimate of drug-likeness (QED) is 0.725. The molecule has 0 fully saturated rings. The molecule has 0 radical (unpaired) electrons. The number of aryl methyl sites for hydroxylation is 1. The molecule has 3 rings (SSSR count). The normalized spacial score (nSPS) is 14.0. The first-order chi connectivity index (χ1) is 8.86. The molecule has 0 unspecified atom stereocenters. The third-order valence-electron chi connectivity index (χ3n) is 3.68. The zero-order valence-electron chi connectivity index (χ0n) is 10.4. The lowest BCUT2D eigenvalue weighted by molar-refractivity contribution is 0.103. The van der Waals surface area contributed by atoms with Crippen LogP contribution in [0.4, 0.5) is 0 Å². The molecule has 90 valence electrons. The summed E-state index contributed by atoms with van der Waals surface area (Å²) in [5.74, 6) is 0.161. The highest BCUT2D eigenvalue weighted by molar-refractivity contribution is 6.10. The Hall–Kier alpha value is -1.89. The van der Waals surface area contributed by atoms with Crippen molar-refractivity contribution in [2.45, 2.75) is 25.7 Å². The van der Waals surface area contributed by atoms with Crippen molar-refractivity contribution in [3.8, 4) is 0 Å². The average Bonchev–Trinajstić information content (AvgIpc) is 2.47. The molecule has 2 aromatic carbocycles. The van der Waals surface area contributed by atoms with Crippen molar-refractivity contribution in [1.29, 1.82) is 0 Å². The van der Waals surface area contributed by atoms with Gasteiger partial charge in [0.1, 0.15) is 0 Å². The molecule has 0 spiro atoms. The minimum atomic E-state index is 0.161. The van der Waals surface area contributed by atoms with Gasteiger partial charge in [-0.25, -0.2) is 0 Å². The lowest BCUT2D eigenvalue weighted by Gasteiger charge is -2.18. The highest BCUT2D eigenvalue weighted by Gasteiger charge is 2.18. The van der Waals surface area contributed by atoms with Crippen molar-refractivity contribution >= 4 is 5.78 Å². The van der Waals surface area contributed by atoms with E-state index in [1.807, 2.05) is 42.5 Å². The first kappa shape index (κ1) is 11.2. The SMILES string of the molecule is O=C(c1ccccc1)c1cccc2c1CCCC2. The maximum atomic E-state index is 12.5. The van der Waals surface area contributed by atoms with Gasteiger partial charge in [0.05, 0.1) is 0 Å². The van der Waals surface area contributed by atoms with Gasteiger partial charge in [0.25, 0.3) is 0 Å². The minimum absolute atomic E-state index is 0.161. The predicted molar refractivity (Wildman–Crippen MR) is 73.0 cm³/mol. The Morgan fingerprint density at radius 3 is 2.44 bits per heavy atom. The van der Waals surface area contributed by atoms with Crippen LogP contribution < -0.4 is 0 Å². The molecule has 0 bridgehead atoms. The van der Waals surface area contributed by atoms with E-state index in [-0.39, 0.29) is 5.78 Å². The lowest BCUT2D eigenvalue weighted by Crippen LogP contribution is -2.11. The first-order valence-electron chi connectivity index (χ1n) is 6.57. The van der Waals surface area contributed by atoms with E-state index in [4.69, 9.17) is 0 Å². The monoisotopic (exact) mass is 236 g/mol. The number of rotatable bonds is 2. The van der Waals surface area contributed by atoms with Crippen molar-refractivity contribution < 1.29 is 4.79 Å². The van der Waals surface area contributed by atoms with Gasteiger partial charge in [-0.05, 0) is 36.8 Å². The zero-order chi connectivity index (χ0) is 12.4. The highest BCUT2D eigenvalue weighted by Crippen LogP contribution is 2.26. The van der Waals surface area contributed by atoms with E-state index < -0.39 is 0 Å². The second-order valence-corrected chi connectivity index (χ2v) is 4.85. The Morgan fingerprint density at radius 1 is 0.833 bits per heavy atom. The Morgan fingerprint density at radius 2 is 1.61 bits per heavy atom. The Kier molecular flexibility index (Phi) is 2.97. The van der Waals surface area contributed by atoms with E-state index >= 15 is 0 Å². The molecule has 1 aliphatic rings. The number of carbonyl (C=O) groups is 1. The van der Waals surface area contributed by atoms with Crippen molar-refractivity contribution in [2.24, 2.45) is 0 Å². The van der Waals surface area contributed by atoms with E-state index in [2.05, 4.69) is 6.07 Å². The van der Waals surface area contributed by atoms with Gasteiger partial charge in [0.2, 0.25) is 0 Å². The third kappa shape index (κ3) is 1.97. The van der Waals surface area contributed by atoms with Crippen molar-refractivity contribution in [2.75, 3.05) is 0 Å². The molecule has 1 aliphatic carbocycles. The van der Waals surface area contributed by atoms with Crippen LogP contribution in [-0.2, 0) is 12.8 Å². The van der Waals surface area contributed by atoms with E-state index in [0.717, 1.165) is 24.0 Å². The standard InChI is InChI=1S/C17H16O/c18-17(14-8-2-1-3-9-14)16-12-6-10-13-7-4-5-11-15(13)16/h1-3,6,8-10,12H,4-5,7,11H2. The molecule has 0 amide bonds. The predicted octanol–water partition coefficient (Wildman–Crippen LogP) is 3.80. The summed E-state index contributed by atoms with van der Waals surface area (Å²) >= 11 is 0. The summed E-state index contributed by atoms with van der Waals surface area (Å²) in [6, 6.07) is 15.7. The van der Waals surface area contributed by atoms with Gasteiger partial charge in [0.15, 0.2) is 5.78 Å². The number of ketones is 1. The number of hydrogen-bond acceptors (Lipinski definition) is 1. The first-order valence-corrected chi connectivity index (χ1v) is 6.57. The van der Waals surface area contributed by atoms with E-state index in [9.17, 15) is 4.79 Å². The number of carbonyl (C=O) groups excluding carboxylic acids is 1. The number of hydrogen-bond donors (Lipinski definition) is 0. The molecule has 0 saturated carbocycles. The van der Waals surface area contributed by atoms with Gasteiger partial charge in [0, 0.05) is 11.1 Å². The second kappa shape index (κ2) is 4.77. The van der Waals surface area contributed by atoms with Crippen LogP contribution in [0.3, 0.4) is 0 Å². The fourth-order valence-corrected chi connectivity index (χ4v) is 2.74. The van der Waals surface area contributed by atoms with Crippen LogP contribution in [0.2, 0.25) is 0 Å². The van der Waals surface area contributed by atoms with E-state index in [1.165, 1.54) is 24.0 Å². The van der Waals surface area contributed by atoms with Gasteiger partial charge in [-0.1, -0.05) is 48.5 Å². The summed E-state index contributed by atoms with van der Waals surface area (Å²) < 4.78 is 0. The summed E-state index contributed by atoms with van der Waals surface area (Å²) in [7, 11) is 0. The van der Waals surface area contributed by atoms with Gasteiger partial charge in [-0.2, -0.15) is 0 Å². The van der Waals surface area contributed by atoms with Crippen LogP contribution in [-0.4, -0.2) is 5.78 Å². The topological polar surface area (TPSA) is 17.1 Å². The van der Waals surface area contributed by atoms with Crippen molar-refractivity contribution in [3.05, 3.63) is 70.8 Å². The maximum Gasteiger partial charge on any atom is 0.193 e. The van der Waals surface area contributed by atoms with Gasteiger partial charge < -0.3 is 0 Å². The van der Waals surface area contributed by atoms with Crippen LogP contribution in [0, 0.1) is 0 Å². The minimum Gasteiger partial charge on any atom is -0.289 e. The van der Waals surface area contributed by atoms with Crippen LogP contribution in [0.15, 0.2) is 48.5 Å². The van der Waals surface area contributed by atoms with Crippen LogP contribution in [0.5, 0.6) is 0 Å². The smallest absolute Gasteiger partial charge is 0.193 e. The van der Waals surface area contributed by atoms with Crippen molar-refractivity contribution in [3.63, 3.8) is 0 Å². The van der Waals surface area contributed by atoms with E-state index in [1.54, 1.807) is 0 Å². The molecule has 0 N–H and O–H groups in total. The molecule has 1 nitrogen and oxygen atoms in total. The van der Waals surface area contributed by atoms with Gasteiger partial charge in [-0.15, -0.1) is 0 Å². The van der Waals surface area contributed by atoms with Gasteiger partial charge in [-0.3, -0.25) is 4.79 Å². The second-order valence-electron chi connectivity index (χ2n) is 4.85. The molecule has 0 aliphatic heterocycles. The molecular weight excluding hydrogens is 220 g/mol. The van der Waals surface area contributed by atoms with E-state index in [0.29, 0.717) is 0 Å². The maximum absolute atomic E-state index is 12.5. The fraction of sp³-hybridized carbons (Fsp3) is 0.235. The summed E-state index contributed by atoms with van der Waals surface area (Å²) in [6.45, 7) is 0. The largest absolute Gasteiger partial charge is 0.289 e. The molecule has 0 heterocycles. The average molecular weight is 236 g/mol. The van der Waals surface area contributed by atoms with Gasteiger partial charge >= 0.3 is 0 Å². The Balaban J connectivity index is 2.05.